The number of fused-ring (bicyclic) bond motifs is 2. The third-order valence-electron chi connectivity index (χ3n) is 3.49. The first-order valence-corrected chi connectivity index (χ1v) is 7.43. The summed E-state index contributed by atoms with van der Waals surface area (Å²) in [6, 6.07) is 4.18. The largest absolute Gasteiger partial charge is 0.493 e. The Hall–Kier alpha value is -2.15. The van der Waals surface area contributed by atoms with E-state index in [9.17, 15) is 0 Å². The van der Waals surface area contributed by atoms with Crippen molar-refractivity contribution < 1.29 is 4.74 Å². The molecule has 4 rings (SSSR count). The Morgan fingerprint density at radius 2 is 2.33 bits per heavy atom. The number of rotatable bonds is 3. The van der Waals surface area contributed by atoms with Gasteiger partial charge in [-0.2, -0.15) is 0 Å². The molecular weight excluding hydrogens is 334 g/mol. The summed E-state index contributed by atoms with van der Waals surface area (Å²) < 4.78 is 8.63. The van der Waals surface area contributed by atoms with E-state index in [0.717, 1.165) is 28.8 Å². The number of anilines is 1. The molecule has 0 atom stereocenters. The number of nitrogens with zero attached hydrogens (tertiary/aromatic N) is 4. The summed E-state index contributed by atoms with van der Waals surface area (Å²) in [5.74, 6) is 1.70. The lowest BCUT2D eigenvalue weighted by atomic mass is 10.1. The number of hydrogen-bond acceptors (Lipinski definition) is 5. The Morgan fingerprint density at radius 3 is 3.29 bits per heavy atom. The first kappa shape index (κ1) is 12.6. The summed E-state index contributed by atoms with van der Waals surface area (Å²) in [4.78, 5) is 4.32. The molecule has 0 spiro atoms. The minimum absolute atomic E-state index is 0.626. The average molecular weight is 346 g/mol. The SMILES string of the molecule is Brc1cc2c(c(CNc3nccn4cnnc34)c1)OCC2. The molecule has 6 nitrogen and oxygen atoms in total. The van der Waals surface area contributed by atoms with Crippen molar-refractivity contribution in [2.75, 3.05) is 11.9 Å². The Bertz CT molecular complexity index is 816. The van der Waals surface area contributed by atoms with E-state index < -0.39 is 0 Å². The van der Waals surface area contributed by atoms with Crippen LogP contribution in [0.2, 0.25) is 0 Å². The van der Waals surface area contributed by atoms with Crippen molar-refractivity contribution in [2.24, 2.45) is 0 Å². The van der Waals surface area contributed by atoms with Crippen molar-refractivity contribution in [3.05, 3.63) is 46.5 Å². The van der Waals surface area contributed by atoms with Crippen LogP contribution in [0.25, 0.3) is 5.65 Å². The third kappa shape index (κ3) is 2.23. The number of ether oxygens (including phenoxy) is 1. The van der Waals surface area contributed by atoms with Crippen molar-refractivity contribution in [3.63, 3.8) is 0 Å². The second kappa shape index (κ2) is 5.00. The summed E-state index contributed by atoms with van der Waals surface area (Å²) >= 11 is 3.55. The van der Waals surface area contributed by atoms with Crippen LogP contribution >= 0.6 is 15.9 Å². The Balaban J connectivity index is 1.64. The average Bonchev–Trinajstić information content (AvgIpc) is 3.12. The first-order valence-electron chi connectivity index (χ1n) is 6.63. The maximum atomic E-state index is 5.73. The molecule has 1 aliphatic rings. The monoisotopic (exact) mass is 345 g/mol. The highest BCUT2D eigenvalue weighted by molar-refractivity contribution is 9.10. The standard InChI is InChI=1S/C14H12BrN5O/c15-11-5-9-1-4-21-12(9)10(6-11)7-17-13-14-19-18-8-20(14)3-2-16-13/h2-3,5-6,8H,1,4,7H2,(H,16,17). The number of benzene rings is 1. The lowest BCUT2D eigenvalue weighted by molar-refractivity contribution is 0.354. The van der Waals surface area contributed by atoms with Crippen LogP contribution in [0.3, 0.4) is 0 Å². The van der Waals surface area contributed by atoms with Gasteiger partial charge < -0.3 is 10.1 Å². The van der Waals surface area contributed by atoms with E-state index in [1.807, 2.05) is 10.6 Å². The molecule has 0 radical (unpaired) electrons. The zero-order valence-corrected chi connectivity index (χ0v) is 12.7. The maximum absolute atomic E-state index is 5.73. The lowest BCUT2D eigenvalue weighted by Crippen LogP contribution is -2.05. The summed E-state index contributed by atoms with van der Waals surface area (Å²) in [7, 11) is 0. The van der Waals surface area contributed by atoms with Crippen LogP contribution in [-0.2, 0) is 13.0 Å². The van der Waals surface area contributed by atoms with Gasteiger partial charge in [0.15, 0.2) is 5.82 Å². The molecule has 21 heavy (non-hydrogen) atoms. The number of nitrogens with one attached hydrogen (secondary N) is 1. The molecule has 7 heteroatoms. The lowest BCUT2D eigenvalue weighted by Gasteiger charge is -2.11. The fourth-order valence-corrected chi connectivity index (χ4v) is 3.09. The normalized spacial score (nSPS) is 13.2. The molecular formula is C14H12BrN5O. The van der Waals surface area contributed by atoms with E-state index in [1.54, 1.807) is 12.5 Å². The van der Waals surface area contributed by atoms with Crippen molar-refractivity contribution >= 4 is 27.4 Å². The molecule has 0 amide bonds. The van der Waals surface area contributed by atoms with Gasteiger partial charge in [-0.25, -0.2) is 4.98 Å². The molecule has 3 heterocycles. The maximum Gasteiger partial charge on any atom is 0.203 e. The highest BCUT2D eigenvalue weighted by Gasteiger charge is 2.17. The molecule has 0 saturated heterocycles. The van der Waals surface area contributed by atoms with Crippen LogP contribution in [0.4, 0.5) is 5.82 Å². The number of hydrogen-bond donors (Lipinski definition) is 1. The van der Waals surface area contributed by atoms with Crippen molar-refractivity contribution in [2.45, 2.75) is 13.0 Å². The van der Waals surface area contributed by atoms with E-state index in [0.29, 0.717) is 18.0 Å². The second-order valence-electron chi connectivity index (χ2n) is 4.84. The van der Waals surface area contributed by atoms with Crippen LogP contribution in [0.5, 0.6) is 5.75 Å². The van der Waals surface area contributed by atoms with Crippen LogP contribution in [0.15, 0.2) is 35.3 Å². The number of halogens is 1. The van der Waals surface area contributed by atoms with E-state index in [1.165, 1.54) is 5.56 Å². The smallest absolute Gasteiger partial charge is 0.203 e. The van der Waals surface area contributed by atoms with E-state index in [2.05, 4.69) is 48.6 Å². The molecule has 0 saturated carbocycles. The minimum atomic E-state index is 0.626. The topological polar surface area (TPSA) is 64.3 Å². The van der Waals surface area contributed by atoms with Gasteiger partial charge in [0.1, 0.15) is 12.1 Å². The Labute approximate surface area is 129 Å². The van der Waals surface area contributed by atoms with Crippen LogP contribution in [-0.4, -0.2) is 26.2 Å². The zero-order valence-electron chi connectivity index (χ0n) is 11.1. The fourth-order valence-electron chi connectivity index (χ4n) is 2.54. The van der Waals surface area contributed by atoms with Gasteiger partial charge in [-0.05, 0) is 17.7 Å². The highest BCUT2D eigenvalue weighted by atomic mass is 79.9. The van der Waals surface area contributed by atoms with Gasteiger partial charge in [-0.3, -0.25) is 4.40 Å². The fraction of sp³-hybridized carbons (Fsp3) is 0.214. The summed E-state index contributed by atoms with van der Waals surface area (Å²) in [5.41, 5.74) is 3.07. The molecule has 106 valence electrons. The summed E-state index contributed by atoms with van der Waals surface area (Å²) in [6.45, 7) is 1.37. The van der Waals surface area contributed by atoms with Gasteiger partial charge in [-0.15, -0.1) is 10.2 Å². The quantitative estimate of drug-likeness (QED) is 0.789. The molecule has 0 bridgehead atoms. The van der Waals surface area contributed by atoms with Crippen molar-refractivity contribution in [1.82, 2.24) is 19.6 Å². The van der Waals surface area contributed by atoms with E-state index >= 15 is 0 Å². The third-order valence-corrected chi connectivity index (χ3v) is 3.95. The van der Waals surface area contributed by atoms with Crippen molar-refractivity contribution in [1.29, 1.82) is 0 Å². The van der Waals surface area contributed by atoms with E-state index in [-0.39, 0.29) is 0 Å². The Kier molecular flexibility index (Phi) is 2.99. The first-order chi connectivity index (χ1) is 10.3. The predicted molar refractivity (Wildman–Crippen MR) is 81.4 cm³/mol. The van der Waals surface area contributed by atoms with E-state index in [4.69, 9.17) is 4.74 Å². The van der Waals surface area contributed by atoms with Crippen molar-refractivity contribution in [3.8, 4) is 5.75 Å². The van der Waals surface area contributed by atoms with Crippen LogP contribution < -0.4 is 10.1 Å². The van der Waals surface area contributed by atoms with Gasteiger partial charge in [-0.1, -0.05) is 15.9 Å². The summed E-state index contributed by atoms with van der Waals surface area (Å²) in [6.07, 6.45) is 6.16. The molecule has 1 aliphatic heterocycles. The molecule has 0 aliphatic carbocycles. The van der Waals surface area contributed by atoms with Gasteiger partial charge in [0.2, 0.25) is 5.65 Å². The number of aromatic nitrogens is 4. The molecule has 1 N–H and O–H groups in total. The van der Waals surface area contributed by atoms with Crippen LogP contribution in [0, 0.1) is 0 Å². The summed E-state index contributed by atoms with van der Waals surface area (Å²) in [5, 5.41) is 11.3. The zero-order chi connectivity index (χ0) is 14.2. The minimum Gasteiger partial charge on any atom is -0.493 e. The van der Waals surface area contributed by atoms with Gasteiger partial charge in [0.05, 0.1) is 6.61 Å². The Morgan fingerprint density at radius 1 is 1.38 bits per heavy atom. The van der Waals surface area contributed by atoms with Gasteiger partial charge in [0.25, 0.3) is 0 Å². The highest BCUT2D eigenvalue weighted by Crippen LogP contribution is 2.33. The molecule has 3 aromatic rings. The second-order valence-corrected chi connectivity index (χ2v) is 5.76. The molecule has 0 unspecified atom stereocenters. The van der Waals surface area contributed by atoms with Crippen LogP contribution in [0.1, 0.15) is 11.1 Å². The predicted octanol–water partition coefficient (Wildman–Crippen LogP) is 2.43. The van der Waals surface area contributed by atoms with Gasteiger partial charge >= 0.3 is 0 Å². The molecule has 2 aromatic heterocycles. The molecule has 1 aromatic carbocycles. The van der Waals surface area contributed by atoms with Gasteiger partial charge in [0, 0.05) is 35.4 Å². The molecule has 0 fully saturated rings.